The second-order valence-electron chi connectivity index (χ2n) is 5.49. The fraction of sp³-hybridized carbons (Fsp3) is 1.00. The van der Waals surface area contributed by atoms with Crippen molar-refractivity contribution in [2.45, 2.75) is 58.8 Å². The molecule has 0 saturated heterocycles. The van der Waals surface area contributed by atoms with Crippen LogP contribution in [-0.4, -0.2) is 30.3 Å². The minimum atomic E-state index is 0.574. The first-order valence-electron chi connectivity index (χ1n) is 7.09. The molecule has 0 unspecified atom stereocenters. The van der Waals surface area contributed by atoms with Crippen LogP contribution in [-0.2, 0) is 0 Å². The number of hydrogen-bond acceptors (Lipinski definition) is 2. The SMILES string of the molecule is CCCCN(CCCC)CC1(CS)CCC1. The van der Waals surface area contributed by atoms with Gasteiger partial charge >= 0.3 is 0 Å². The smallest absolute Gasteiger partial charge is 0.00458 e. The van der Waals surface area contributed by atoms with Crippen LogP contribution >= 0.6 is 12.6 Å². The van der Waals surface area contributed by atoms with Gasteiger partial charge in [-0.05, 0) is 49.9 Å². The summed E-state index contributed by atoms with van der Waals surface area (Å²) in [6.45, 7) is 8.47. The number of thiol groups is 1. The van der Waals surface area contributed by atoms with E-state index in [4.69, 9.17) is 0 Å². The quantitative estimate of drug-likeness (QED) is 0.599. The van der Waals surface area contributed by atoms with Crippen molar-refractivity contribution in [3.8, 4) is 0 Å². The third-order valence-electron chi connectivity index (χ3n) is 3.96. The van der Waals surface area contributed by atoms with Crippen LogP contribution in [0.5, 0.6) is 0 Å². The molecule has 1 nitrogen and oxygen atoms in total. The van der Waals surface area contributed by atoms with Gasteiger partial charge in [-0.25, -0.2) is 0 Å². The Morgan fingerprint density at radius 3 is 1.94 bits per heavy atom. The van der Waals surface area contributed by atoms with Crippen molar-refractivity contribution < 1.29 is 0 Å². The van der Waals surface area contributed by atoms with E-state index in [1.807, 2.05) is 0 Å². The normalized spacial score (nSPS) is 18.8. The van der Waals surface area contributed by atoms with Crippen LogP contribution in [0.4, 0.5) is 0 Å². The van der Waals surface area contributed by atoms with E-state index >= 15 is 0 Å². The van der Waals surface area contributed by atoms with Crippen LogP contribution in [0, 0.1) is 5.41 Å². The Kier molecular flexibility index (Phi) is 6.83. The Labute approximate surface area is 107 Å². The molecule has 96 valence electrons. The molecule has 0 aromatic rings. The van der Waals surface area contributed by atoms with Crippen molar-refractivity contribution in [1.82, 2.24) is 4.90 Å². The first kappa shape index (κ1) is 14.4. The molecule has 0 aromatic heterocycles. The fourth-order valence-corrected chi connectivity index (χ4v) is 2.97. The molecule has 1 aliphatic rings. The molecule has 0 heterocycles. The molecule has 1 rings (SSSR count). The van der Waals surface area contributed by atoms with Crippen LogP contribution in [0.25, 0.3) is 0 Å². The Morgan fingerprint density at radius 2 is 1.62 bits per heavy atom. The first-order chi connectivity index (χ1) is 7.76. The van der Waals surface area contributed by atoms with Gasteiger partial charge in [0.2, 0.25) is 0 Å². The fourth-order valence-electron chi connectivity index (χ4n) is 2.55. The molecule has 1 fully saturated rings. The average Bonchev–Trinajstić information content (AvgIpc) is 2.26. The van der Waals surface area contributed by atoms with Gasteiger partial charge in [0.15, 0.2) is 0 Å². The maximum absolute atomic E-state index is 4.56. The minimum Gasteiger partial charge on any atom is -0.303 e. The van der Waals surface area contributed by atoms with Gasteiger partial charge in [-0.15, -0.1) is 0 Å². The van der Waals surface area contributed by atoms with Crippen molar-refractivity contribution >= 4 is 12.6 Å². The Hall–Kier alpha value is 0.310. The summed E-state index contributed by atoms with van der Waals surface area (Å²) in [7, 11) is 0. The Bertz CT molecular complexity index is 164. The van der Waals surface area contributed by atoms with Crippen LogP contribution in [0.1, 0.15) is 58.8 Å². The molecule has 0 radical (unpaired) electrons. The van der Waals surface area contributed by atoms with Gasteiger partial charge in [-0.1, -0.05) is 33.1 Å². The molecule has 0 atom stereocenters. The summed E-state index contributed by atoms with van der Waals surface area (Å²) in [5, 5.41) is 0. The number of hydrogen-bond donors (Lipinski definition) is 1. The number of rotatable bonds is 9. The number of unbranched alkanes of at least 4 members (excludes halogenated alkanes) is 2. The van der Waals surface area contributed by atoms with Gasteiger partial charge in [-0.2, -0.15) is 12.6 Å². The topological polar surface area (TPSA) is 3.24 Å². The highest BCUT2D eigenvalue weighted by Crippen LogP contribution is 2.42. The molecule has 0 amide bonds. The van der Waals surface area contributed by atoms with E-state index in [2.05, 4.69) is 31.4 Å². The maximum atomic E-state index is 4.56. The highest BCUT2D eigenvalue weighted by molar-refractivity contribution is 7.80. The molecule has 1 aliphatic carbocycles. The summed E-state index contributed by atoms with van der Waals surface area (Å²) < 4.78 is 0. The third-order valence-corrected chi connectivity index (χ3v) is 4.64. The van der Waals surface area contributed by atoms with Crippen molar-refractivity contribution in [3.63, 3.8) is 0 Å². The van der Waals surface area contributed by atoms with E-state index in [0.717, 1.165) is 5.75 Å². The molecule has 0 aromatic carbocycles. The second-order valence-corrected chi connectivity index (χ2v) is 5.81. The summed E-state index contributed by atoms with van der Waals surface area (Å²) in [5.74, 6) is 1.09. The van der Waals surface area contributed by atoms with Crippen molar-refractivity contribution in [2.75, 3.05) is 25.4 Å². The monoisotopic (exact) mass is 243 g/mol. The summed E-state index contributed by atoms with van der Waals surface area (Å²) >= 11 is 4.56. The molecule has 2 heteroatoms. The molecule has 0 aliphatic heterocycles. The summed E-state index contributed by atoms with van der Waals surface area (Å²) in [5.41, 5.74) is 0.574. The lowest BCUT2D eigenvalue weighted by Crippen LogP contribution is -2.44. The first-order valence-corrected chi connectivity index (χ1v) is 7.73. The standard InChI is InChI=1S/C14H29NS/c1-3-5-10-15(11-6-4-2)12-14(13-16)8-7-9-14/h16H,3-13H2,1-2H3. The molecule has 0 spiro atoms. The summed E-state index contributed by atoms with van der Waals surface area (Å²) in [6.07, 6.45) is 9.58. The van der Waals surface area contributed by atoms with E-state index in [-0.39, 0.29) is 0 Å². The lowest BCUT2D eigenvalue weighted by Gasteiger charge is -2.44. The van der Waals surface area contributed by atoms with Gasteiger partial charge in [0.1, 0.15) is 0 Å². The van der Waals surface area contributed by atoms with Gasteiger partial charge in [0.05, 0.1) is 0 Å². The predicted molar refractivity (Wildman–Crippen MR) is 76.4 cm³/mol. The predicted octanol–water partition coefficient (Wildman–Crippen LogP) is 3.99. The van der Waals surface area contributed by atoms with Crippen LogP contribution in [0.3, 0.4) is 0 Å². The van der Waals surface area contributed by atoms with Crippen LogP contribution < -0.4 is 0 Å². The minimum absolute atomic E-state index is 0.574. The molecule has 0 N–H and O–H groups in total. The lowest BCUT2D eigenvalue weighted by atomic mass is 9.70. The Morgan fingerprint density at radius 1 is 1.06 bits per heavy atom. The molecule has 16 heavy (non-hydrogen) atoms. The lowest BCUT2D eigenvalue weighted by molar-refractivity contribution is 0.0884. The van der Waals surface area contributed by atoms with Crippen LogP contribution in [0.15, 0.2) is 0 Å². The highest BCUT2D eigenvalue weighted by Gasteiger charge is 2.36. The summed E-state index contributed by atoms with van der Waals surface area (Å²) in [6, 6.07) is 0. The van der Waals surface area contributed by atoms with Crippen molar-refractivity contribution in [2.24, 2.45) is 5.41 Å². The van der Waals surface area contributed by atoms with Crippen molar-refractivity contribution in [3.05, 3.63) is 0 Å². The number of nitrogens with zero attached hydrogens (tertiary/aromatic N) is 1. The van der Waals surface area contributed by atoms with E-state index < -0.39 is 0 Å². The zero-order valence-corrected chi connectivity index (χ0v) is 12.1. The van der Waals surface area contributed by atoms with E-state index in [0.29, 0.717) is 5.41 Å². The van der Waals surface area contributed by atoms with Gasteiger partial charge in [0.25, 0.3) is 0 Å². The molecule has 0 bridgehead atoms. The Balaban J connectivity index is 2.34. The maximum Gasteiger partial charge on any atom is 0.00458 e. The van der Waals surface area contributed by atoms with Crippen molar-refractivity contribution in [1.29, 1.82) is 0 Å². The second kappa shape index (κ2) is 7.60. The van der Waals surface area contributed by atoms with Gasteiger partial charge in [0, 0.05) is 6.54 Å². The van der Waals surface area contributed by atoms with E-state index in [1.165, 1.54) is 64.6 Å². The molecular formula is C14H29NS. The highest BCUT2D eigenvalue weighted by atomic mass is 32.1. The van der Waals surface area contributed by atoms with Gasteiger partial charge in [-0.3, -0.25) is 0 Å². The van der Waals surface area contributed by atoms with E-state index in [1.54, 1.807) is 0 Å². The third kappa shape index (κ3) is 4.29. The summed E-state index contributed by atoms with van der Waals surface area (Å²) in [4.78, 5) is 2.70. The largest absolute Gasteiger partial charge is 0.303 e. The molecule has 1 saturated carbocycles. The van der Waals surface area contributed by atoms with Gasteiger partial charge < -0.3 is 4.90 Å². The average molecular weight is 243 g/mol. The zero-order valence-electron chi connectivity index (χ0n) is 11.2. The van der Waals surface area contributed by atoms with E-state index in [9.17, 15) is 0 Å². The molecular weight excluding hydrogens is 214 g/mol. The zero-order chi connectivity index (χ0) is 11.9. The van der Waals surface area contributed by atoms with Crippen LogP contribution in [0.2, 0.25) is 0 Å².